The zero-order chi connectivity index (χ0) is 15.1. The molecule has 118 valence electrons. The summed E-state index contributed by atoms with van der Waals surface area (Å²) in [5.74, 6) is 2.02. The summed E-state index contributed by atoms with van der Waals surface area (Å²) in [6.45, 7) is 8.57. The third-order valence-electron chi connectivity index (χ3n) is 4.83. The van der Waals surface area contributed by atoms with E-state index in [0.29, 0.717) is 5.41 Å². The van der Waals surface area contributed by atoms with Crippen LogP contribution in [-0.4, -0.2) is 23.1 Å². The molecule has 0 bridgehead atoms. The highest BCUT2D eigenvalue weighted by Gasteiger charge is 2.32. The maximum atomic E-state index is 4.50. The van der Waals surface area contributed by atoms with Crippen LogP contribution in [0.5, 0.6) is 0 Å². The van der Waals surface area contributed by atoms with Crippen molar-refractivity contribution < 1.29 is 0 Å². The van der Waals surface area contributed by atoms with Gasteiger partial charge in [-0.15, -0.1) is 0 Å². The van der Waals surface area contributed by atoms with Gasteiger partial charge in [0, 0.05) is 18.7 Å². The largest absolute Gasteiger partial charge is 0.370 e. The molecule has 0 unspecified atom stereocenters. The molecule has 1 aromatic rings. The van der Waals surface area contributed by atoms with E-state index in [1.54, 1.807) is 6.33 Å². The summed E-state index contributed by atoms with van der Waals surface area (Å²) in [6.07, 6.45) is 10.5. The molecule has 1 fully saturated rings. The van der Waals surface area contributed by atoms with Crippen molar-refractivity contribution in [2.24, 2.45) is 5.41 Å². The first-order valence-corrected chi connectivity index (χ1v) is 8.56. The van der Waals surface area contributed by atoms with E-state index in [1.807, 2.05) is 0 Å². The second-order valence-electron chi connectivity index (χ2n) is 6.24. The monoisotopic (exact) mass is 290 g/mol. The van der Waals surface area contributed by atoms with Gasteiger partial charge in [0.25, 0.3) is 0 Å². The third-order valence-corrected chi connectivity index (χ3v) is 4.83. The second kappa shape index (κ2) is 7.62. The van der Waals surface area contributed by atoms with Gasteiger partial charge in [0.1, 0.15) is 18.0 Å². The molecular weight excluding hydrogens is 260 g/mol. The lowest BCUT2D eigenvalue weighted by Gasteiger charge is -2.28. The van der Waals surface area contributed by atoms with E-state index < -0.39 is 0 Å². The third kappa shape index (κ3) is 3.86. The van der Waals surface area contributed by atoms with Crippen molar-refractivity contribution >= 4 is 11.6 Å². The Bertz CT molecular complexity index is 438. The van der Waals surface area contributed by atoms with Crippen LogP contribution in [0.1, 0.15) is 64.9 Å². The molecule has 4 nitrogen and oxygen atoms in total. The minimum absolute atomic E-state index is 0.479. The topological polar surface area (TPSA) is 49.8 Å². The van der Waals surface area contributed by atoms with Gasteiger partial charge in [-0.25, -0.2) is 9.97 Å². The van der Waals surface area contributed by atoms with Gasteiger partial charge < -0.3 is 10.6 Å². The maximum Gasteiger partial charge on any atom is 0.134 e. The van der Waals surface area contributed by atoms with Crippen LogP contribution >= 0.6 is 0 Å². The van der Waals surface area contributed by atoms with Gasteiger partial charge in [0.15, 0.2) is 0 Å². The van der Waals surface area contributed by atoms with Crippen LogP contribution < -0.4 is 10.6 Å². The molecule has 1 heterocycles. The standard InChI is InChI=1S/C17H30N4/c1-4-9-14-15(18-6-3)20-13-21-16(14)19-12-17(5-2)10-7-8-11-17/h13H,4-12H2,1-3H3,(H2,18,19,20,21). The average molecular weight is 290 g/mol. The molecule has 1 aromatic heterocycles. The Morgan fingerprint density at radius 2 is 1.71 bits per heavy atom. The molecule has 2 N–H and O–H groups in total. The first-order valence-electron chi connectivity index (χ1n) is 8.56. The maximum absolute atomic E-state index is 4.50. The fourth-order valence-electron chi connectivity index (χ4n) is 3.42. The van der Waals surface area contributed by atoms with Gasteiger partial charge in [-0.05, 0) is 38.0 Å². The Morgan fingerprint density at radius 3 is 2.29 bits per heavy atom. The van der Waals surface area contributed by atoms with Crippen LogP contribution in [0, 0.1) is 5.41 Å². The summed E-state index contributed by atoms with van der Waals surface area (Å²) < 4.78 is 0. The zero-order valence-corrected chi connectivity index (χ0v) is 13.8. The van der Waals surface area contributed by atoms with Crippen LogP contribution in [0.25, 0.3) is 0 Å². The summed E-state index contributed by atoms with van der Waals surface area (Å²) in [4.78, 5) is 8.91. The molecule has 21 heavy (non-hydrogen) atoms. The lowest BCUT2D eigenvalue weighted by molar-refractivity contribution is 0.306. The summed E-state index contributed by atoms with van der Waals surface area (Å²) in [5.41, 5.74) is 1.72. The first-order chi connectivity index (χ1) is 10.2. The minimum Gasteiger partial charge on any atom is -0.370 e. The van der Waals surface area contributed by atoms with Gasteiger partial charge in [-0.1, -0.05) is 33.1 Å². The molecule has 0 atom stereocenters. The number of hydrogen-bond donors (Lipinski definition) is 2. The fraction of sp³-hybridized carbons (Fsp3) is 0.765. The average Bonchev–Trinajstić information content (AvgIpc) is 2.97. The highest BCUT2D eigenvalue weighted by atomic mass is 15.1. The van der Waals surface area contributed by atoms with Crippen molar-refractivity contribution in [1.82, 2.24) is 9.97 Å². The fourth-order valence-corrected chi connectivity index (χ4v) is 3.42. The number of nitrogens with one attached hydrogen (secondary N) is 2. The Kier molecular flexibility index (Phi) is 5.83. The quantitative estimate of drug-likeness (QED) is 0.751. The van der Waals surface area contributed by atoms with Crippen molar-refractivity contribution in [3.05, 3.63) is 11.9 Å². The van der Waals surface area contributed by atoms with E-state index in [1.165, 1.54) is 37.7 Å². The van der Waals surface area contributed by atoms with Gasteiger partial charge in [0.2, 0.25) is 0 Å². The van der Waals surface area contributed by atoms with E-state index in [9.17, 15) is 0 Å². The predicted molar refractivity (Wildman–Crippen MR) is 89.9 cm³/mol. The van der Waals surface area contributed by atoms with Gasteiger partial charge in [0.05, 0.1) is 0 Å². The Hall–Kier alpha value is -1.32. The Morgan fingerprint density at radius 1 is 1.05 bits per heavy atom. The van der Waals surface area contributed by atoms with E-state index in [0.717, 1.165) is 37.6 Å². The second-order valence-corrected chi connectivity index (χ2v) is 6.24. The SMILES string of the molecule is CCCc1c(NCC)ncnc1NCC1(CC)CCCC1. The van der Waals surface area contributed by atoms with Crippen molar-refractivity contribution in [3.8, 4) is 0 Å². The highest BCUT2D eigenvalue weighted by molar-refractivity contribution is 5.57. The van der Waals surface area contributed by atoms with Crippen LogP contribution in [0.4, 0.5) is 11.6 Å². The molecule has 0 amide bonds. The lowest BCUT2D eigenvalue weighted by atomic mass is 9.83. The van der Waals surface area contributed by atoms with Crippen molar-refractivity contribution in [2.45, 2.75) is 65.7 Å². The first kappa shape index (κ1) is 16.1. The van der Waals surface area contributed by atoms with Crippen LogP contribution in [0.3, 0.4) is 0 Å². The number of rotatable bonds is 8. The van der Waals surface area contributed by atoms with Crippen molar-refractivity contribution in [1.29, 1.82) is 0 Å². The molecule has 0 aromatic carbocycles. The van der Waals surface area contributed by atoms with Crippen molar-refractivity contribution in [2.75, 3.05) is 23.7 Å². The molecule has 1 aliphatic rings. The molecule has 1 aliphatic carbocycles. The number of nitrogens with zero attached hydrogens (tertiary/aromatic N) is 2. The summed E-state index contributed by atoms with van der Waals surface area (Å²) in [7, 11) is 0. The molecule has 2 rings (SSSR count). The lowest BCUT2D eigenvalue weighted by Crippen LogP contribution is -2.27. The van der Waals surface area contributed by atoms with E-state index in [2.05, 4.69) is 41.4 Å². The molecule has 0 saturated heterocycles. The Balaban J connectivity index is 2.12. The summed E-state index contributed by atoms with van der Waals surface area (Å²) >= 11 is 0. The van der Waals surface area contributed by atoms with E-state index in [-0.39, 0.29) is 0 Å². The summed E-state index contributed by atoms with van der Waals surface area (Å²) in [5, 5.41) is 7.00. The van der Waals surface area contributed by atoms with E-state index in [4.69, 9.17) is 0 Å². The van der Waals surface area contributed by atoms with Gasteiger partial charge >= 0.3 is 0 Å². The molecular formula is C17H30N4. The van der Waals surface area contributed by atoms with Crippen LogP contribution in [-0.2, 0) is 6.42 Å². The smallest absolute Gasteiger partial charge is 0.134 e. The molecule has 0 spiro atoms. The normalized spacial score (nSPS) is 16.9. The molecule has 0 radical (unpaired) electrons. The number of aromatic nitrogens is 2. The highest BCUT2D eigenvalue weighted by Crippen LogP contribution is 2.41. The van der Waals surface area contributed by atoms with Crippen LogP contribution in [0.2, 0.25) is 0 Å². The molecule has 0 aliphatic heterocycles. The van der Waals surface area contributed by atoms with Gasteiger partial charge in [-0.3, -0.25) is 0 Å². The van der Waals surface area contributed by atoms with Crippen molar-refractivity contribution in [3.63, 3.8) is 0 Å². The zero-order valence-electron chi connectivity index (χ0n) is 13.8. The summed E-state index contributed by atoms with van der Waals surface area (Å²) in [6, 6.07) is 0. The number of anilines is 2. The molecule has 1 saturated carbocycles. The predicted octanol–water partition coefficient (Wildman–Crippen LogP) is 4.24. The van der Waals surface area contributed by atoms with E-state index >= 15 is 0 Å². The number of hydrogen-bond acceptors (Lipinski definition) is 4. The van der Waals surface area contributed by atoms with Crippen LogP contribution in [0.15, 0.2) is 6.33 Å². The minimum atomic E-state index is 0.479. The Labute approximate surface area is 129 Å². The molecule has 4 heteroatoms. The van der Waals surface area contributed by atoms with Gasteiger partial charge in [-0.2, -0.15) is 0 Å².